The van der Waals surface area contributed by atoms with Gasteiger partial charge in [-0.05, 0) is 36.9 Å². The molecular weight excluding hydrogens is 230 g/mol. The van der Waals surface area contributed by atoms with Crippen LogP contribution in [0.5, 0.6) is 0 Å². The lowest BCUT2D eigenvalue weighted by atomic mass is 9.98. The highest BCUT2D eigenvalue weighted by Crippen LogP contribution is 2.57. The number of nitrogens with zero attached hydrogens (tertiary/aromatic N) is 3. The summed E-state index contributed by atoms with van der Waals surface area (Å²) >= 11 is 0. The van der Waals surface area contributed by atoms with Crippen LogP contribution in [0.3, 0.4) is 0 Å². The second kappa shape index (κ2) is 4.70. The van der Waals surface area contributed by atoms with E-state index in [0.717, 1.165) is 11.1 Å². The highest BCUT2D eigenvalue weighted by atomic mass is 16.5. The Labute approximate surface area is 105 Å². The predicted molar refractivity (Wildman–Crippen MR) is 66.7 cm³/mol. The first-order valence-electron chi connectivity index (χ1n) is 5.94. The van der Waals surface area contributed by atoms with Crippen LogP contribution in [0.1, 0.15) is 24.5 Å². The summed E-state index contributed by atoms with van der Waals surface area (Å²) in [4.78, 5) is 14.7. The zero-order valence-electron chi connectivity index (χ0n) is 10.5. The van der Waals surface area contributed by atoms with Crippen LogP contribution in [0.15, 0.2) is 29.4 Å². The Bertz CT molecular complexity index is 523. The van der Waals surface area contributed by atoms with Gasteiger partial charge in [0.1, 0.15) is 0 Å². The normalized spacial score (nSPS) is 25.1. The number of hydrogen-bond donors (Lipinski definition) is 0. The molecule has 1 aliphatic rings. The second-order valence-electron chi connectivity index (χ2n) is 4.44. The van der Waals surface area contributed by atoms with E-state index in [1.807, 2.05) is 31.2 Å². The zero-order valence-corrected chi connectivity index (χ0v) is 10.5. The van der Waals surface area contributed by atoms with Crippen molar-refractivity contribution in [3.63, 3.8) is 0 Å². The lowest BCUT2D eigenvalue weighted by Crippen LogP contribution is -2.16. The van der Waals surface area contributed by atoms with E-state index in [-0.39, 0.29) is 11.9 Å². The van der Waals surface area contributed by atoms with E-state index >= 15 is 0 Å². The summed E-state index contributed by atoms with van der Waals surface area (Å²) < 4.78 is 5.01. The molecule has 0 heterocycles. The molecule has 0 aromatic heterocycles. The Morgan fingerprint density at radius 3 is 2.94 bits per heavy atom. The molecule has 0 amide bonds. The van der Waals surface area contributed by atoms with Crippen LogP contribution in [0, 0.1) is 12.8 Å². The van der Waals surface area contributed by atoms with Crippen molar-refractivity contribution < 1.29 is 9.53 Å². The minimum atomic E-state index is -0.744. The molecule has 5 nitrogen and oxygen atoms in total. The summed E-state index contributed by atoms with van der Waals surface area (Å²) in [5.41, 5.74) is 9.93. The second-order valence-corrected chi connectivity index (χ2v) is 4.44. The molecule has 1 saturated carbocycles. The van der Waals surface area contributed by atoms with E-state index in [9.17, 15) is 4.79 Å². The molecule has 0 spiro atoms. The predicted octanol–water partition coefficient (Wildman–Crippen LogP) is 3.08. The molecule has 94 valence electrons. The summed E-state index contributed by atoms with van der Waals surface area (Å²) in [7, 11) is 0. The van der Waals surface area contributed by atoms with Gasteiger partial charge in [0.05, 0.1) is 18.1 Å². The van der Waals surface area contributed by atoms with Gasteiger partial charge in [0.2, 0.25) is 0 Å². The third-order valence-electron chi connectivity index (χ3n) is 3.34. The maximum atomic E-state index is 11.8. The third-order valence-corrected chi connectivity index (χ3v) is 3.34. The molecule has 0 aliphatic heterocycles. The first-order chi connectivity index (χ1) is 8.65. The zero-order chi connectivity index (χ0) is 13.2. The standard InChI is InChI=1S/C13H15N3O2/c1-3-18-12(17)11-8-13(11,15-16-14)10-7-5-4-6-9(10)2/h4-7,11H,3,8H2,1-2H3. The highest BCUT2D eigenvalue weighted by Gasteiger charge is 2.60. The van der Waals surface area contributed by atoms with Gasteiger partial charge in [0, 0.05) is 4.91 Å². The summed E-state index contributed by atoms with van der Waals surface area (Å²) in [5, 5.41) is 3.86. The number of aryl methyl sites for hydroxylation is 1. The first kappa shape index (κ1) is 12.5. The van der Waals surface area contributed by atoms with Gasteiger partial charge >= 0.3 is 5.97 Å². The Kier molecular flexibility index (Phi) is 3.26. The molecule has 1 fully saturated rings. The van der Waals surface area contributed by atoms with Gasteiger partial charge in [-0.3, -0.25) is 4.79 Å². The van der Waals surface area contributed by atoms with Gasteiger partial charge in [-0.15, -0.1) is 0 Å². The van der Waals surface area contributed by atoms with Gasteiger partial charge in [-0.25, -0.2) is 0 Å². The van der Waals surface area contributed by atoms with Crippen molar-refractivity contribution in [2.24, 2.45) is 11.0 Å². The largest absolute Gasteiger partial charge is 0.466 e. The fourth-order valence-corrected chi connectivity index (χ4v) is 2.37. The van der Waals surface area contributed by atoms with E-state index in [1.54, 1.807) is 6.92 Å². The van der Waals surface area contributed by atoms with Crippen molar-refractivity contribution >= 4 is 5.97 Å². The molecular formula is C13H15N3O2. The Morgan fingerprint density at radius 1 is 1.61 bits per heavy atom. The Balaban J connectivity index is 2.35. The SMILES string of the molecule is CCOC(=O)C1CC1(N=[N+]=[N-])c1ccccc1C. The summed E-state index contributed by atoms with van der Waals surface area (Å²) in [6, 6.07) is 7.66. The van der Waals surface area contributed by atoms with Crippen LogP contribution >= 0.6 is 0 Å². The summed E-state index contributed by atoms with van der Waals surface area (Å²) in [6.07, 6.45) is 0.529. The number of carbonyl (C=O) groups excluding carboxylic acids is 1. The number of hydrogen-bond acceptors (Lipinski definition) is 3. The van der Waals surface area contributed by atoms with Gasteiger partial charge in [-0.2, -0.15) is 0 Å². The molecule has 0 radical (unpaired) electrons. The number of ether oxygens (including phenoxy) is 1. The lowest BCUT2D eigenvalue weighted by molar-refractivity contribution is -0.145. The van der Waals surface area contributed by atoms with E-state index in [0.29, 0.717) is 13.0 Å². The fraction of sp³-hybridized carbons (Fsp3) is 0.462. The lowest BCUT2D eigenvalue weighted by Gasteiger charge is -2.13. The van der Waals surface area contributed by atoms with E-state index < -0.39 is 5.54 Å². The third kappa shape index (κ3) is 1.93. The van der Waals surface area contributed by atoms with Crippen LogP contribution in [-0.2, 0) is 15.1 Å². The molecule has 1 aliphatic carbocycles. The molecule has 0 bridgehead atoms. The van der Waals surface area contributed by atoms with Gasteiger partial charge in [0.15, 0.2) is 0 Å². The Morgan fingerprint density at radius 2 is 2.33 bits per heavy atom. The number of carbonyl (C=O) groups is 1. The van der Waals surface area contributed by atoms with Crippen molar-refractivity contribution in [2.75, 3.05) is 6.61 Å². The molecule has 18 heavy (non-hydrogen) atoms. The molecule has 2 rings (SSSR count). The topological polar surface area (TPSA) is 75.1 Å². The average Bonchev–Trinajstić information content (AvgIpc) is 3.06. The van der Waals surface area contributed by atoms with Crippen molar-refractivity contribution in [3.05, 3.63) is 45.8 Å². The quantitative estimate of drug-likeness (QED) is 0.354. The van der Waals surface area contributed by atoms with Crippen molar-refractivity contribution in [3.8, 4) is 0 Å². The minimum absolute atomic E-state index is 0.284. The summed E-state index contributed by atoms with van der Waals surface area (Å²) in [5.74, 6) is -0.636. The van der Waals surface area contributed by atoms with Crippen LogP contribution in [0.4, 0.5) is 0 Å². The van der Waals surface area contributed by atoms with Crippen molar-refractivity contribution in [1.29, 1.82) is 0 Å². The smallest absolute Gasteiger partial charge is 0.309 e. The van der Waals surface area contributed by atoms with E-state index in [1.165, 1.54) is 0 Å². The molecule has 1 aromatic rings. The molecule has 0 saturated heterocycles. The van der Waals surface area contributed by atoms with Crippen LogP contribution < -0.4 is 0 Å². The van der Waals surface area contributed by atoms with Crippen LogP contribution in [-0.4, -0.2) is 12.6 Å². The number of benzene rings is 1. The number of rotatable bonds is 4. The molecule has 2 atom stereocenters. The minimum Gasteiger partial charge on any atom is -0.466 e. The first-order valence-corrected chi connectivity index (χ1v) is 5.94. The van der Waals surface area contributed by atoms with Crippen LogP contribution in [0.2, 0.25) is 0 Å². The van der Waals surface area contributed by atoms with E-state index in [2.05, 4.69) is 10.0 Å². The molecule has 0 N–H and O–H groups in total. The molecule has 1 aromatic carbocycles. The van der Waals surface area contributed by atoms with E-state index in [4.69, 9.17) is 10.3 Å². The molecule has 2 unspecified atom stereocenters. The Hall–Kier alpha value is -2.00. The maximum absolute atomic E-state index is 11.8. The maximum Gasteiger partial charge on any atom is 0.309 e. The fourth-order valence-electron chi connectivity index (χ4n) is 2.37. The van der Waals surface area contributed by atoms with Crippen LogP contribution in [0.25, 0.3) is 10.4 Å². The van der Waals surface area contributed by atoms with Gasteiger partial charge < -0.3 is 4.74 Å². The van der Waals surface area contributed by atoms with Gasteiger partial charge in [0.25, 0.3) is 0 Å². The monoisotopic (exact) mass is 245 g/mol. The van der Waals surface area contributed by atoms with Crippen molar-refractivity contribution in [2.45, 2.75) is 25.8 Å². The van der Waals surface area contributed by atoms with Crippen molar-refractivity contribution in [1.82, 2.24) is 0 Å². The number of azide groups is 1. The van der Waals surface area contributed by atoms with Gasteiger partial charge in [-0.1, -0.05) is 29.4 Å². The average molecular weight is 245 g/mol. The summed E-state index contributed by atoms with van der Waals surface area (Å²) in [6.45, 7) is 4.06. The number of esters is 1. The highest BCUT2D eigenvalue weighted by molar-refractivity contribution is 5.79. The molecule has 5 heteroatoms.